The Hall–Kier alpha value is -1.10. The zero-order valence-corrected chi connectivity index (χ0v) is 8.28. The maximum Gasteiger partial charge on any atom is 0.235 e. The van der Waals surface area contributed by atoms with E-state index in [9.17, 15) is 4.79 Å². The van der Waals surface area contributed by atoms with Crippen LogP contribution in [0.3, 0.4) is 0 Å². The highest BCUT2D eigenvalue weighted by Crippen LogP contribution is 2.08. The summed E-state index contributed by atoms with van der Waals surface area (Å²) in [6.07, 6.45) is 6.20. The number of nitrogens with one attached hydrogen (secondary N) is 3. The molecule has 0 saturated carbocycles. The maximum atomic E-state index is 10.5. The number of hydrogen-bond acceptors (Lipinski definition) is 2. The van der Waals surface area contributed by atoms with Gasteiger partial charge in [0.15, 0.2) is 5.11 Å². The lowest BCUT2D eigenvalue weighted by Gasteiger charge is -2.15. The molecule has 13 heavy (non-hydrogen) atoms. The average Bonchev–Trinajstić information content (AvgIpc) is 2.53. The summed E-state index contributed by atoms with van der Waals surface area (Å²) in [7, 11) is 0. The van der Waals surface area contributed by atoms with Gasteiger partial charge in [0.1, 0.15) is 0 Å². The van der Waals surface area contributed by atoms with Crippen molar-refractivity contribution in [3.63, 3.8) is 0 Å². The highest BCUT2D eigenvalue weighted by atomic mass is 32.1. The number of amides is 1. The molecule has 0 fully saturated rings. The SMILES string of the molecule is CC(=O)NNC(=S)NC1CC=CC1. The molecule has 1 aliphatic rings. The number of thiocarbonyl (C=S) groups is 1. The van der Waals surface area contributed by atoms with Gasteiger partial charge in [0.05, 0.1) is 0 Å². The van der Waals surface area contributed by atoms with Gasteiger partial charge >= 0.3 is 0 Å². The molecule has 0 spiro atoms. The minimum atomic E-state index is -0.159. The van der Waals surface area contributed by atoms with Crippen LogP contribution in [-0.2, 0) is 4.79 Å². The van der Waals surface area contributed by atoms with Crippen LogP contribution in [0.4, 0.5) is 0 Å². The van der Waals surface area contributed by atoms with Gasteiger partial charge in [-0.25, -0.2) is 0 Å². The molecular formula is C8H13N3OS. The lowest BCUT2D eigenvalue weighted by atomic mass is 10.2. The van der Waals surface area contributed by atoms with E-state index in [1.54, 1.807) is 0 Å². The fourth-order valence-electron chi connectivity index (χ4n) is 1.10. The first-order valence-corrected chi connectivity index (χ1v) is 4.57. The number of hydrogen-bond donors (Lipinski definition) is 3. The Morgan fingerprint density at radius 2 is 2.00 bits per heavy atom. The van der Waals surface area contributed by atoms with Crippen LogP contribution in [0.1, 0.15) is 19.8 Å². The van der Waals surface area contributed by atoms with Crippen molar-refractivity contribution >= 4 is 23.2 Å². The fourth-order valence-corrected chi connectivity index (χ4v) is 1.32. The Morgan fingerprint density at radius 1 is 1.38 bits per heavy atom. The molecule has 0 bridgehead atoms. The average molecular weight is 199 g/mol. The van der Waals surface area contributed by atoms with Gasteiger partial charge in [-0.2, -0.15) is 0 Å². The van der Waals surface area contributed by atoms with E-state index in [1.807, 2.05) is 0 Å². The molecule has 72 valence electrons. The Bertz CT molecular complexity index is 232. The van der Waals surface area contributed by atoms with Crippen LogP contribution in [0.2, 0.25) is 0 Å². The molecule has 1 aliphatic carbocycles. The topological polar surface area (TPSA) is 53.2 Å². The maximum absolute atomic E-state index is 10.5. The van der Waals surface area contributed by atoms with Gasteiger partial charge in [-0.15, -0.1) is 0 Å². The first kappa shape index (κ1) is 9.98. The molecule has 0 unspecified atom stereocenters. The lowest BCUT2D eigenvalue weighted by Crippen LogP contribution is -2.48. The second-order valence-electron chi connectivity index (χ2n) is 2.92. The monoisotopic (exact) mass is 199 g/mol. The van der Waals surface area contributed by atoms with Crippen molar-refractivity contribution in [2.24, 2.45) is 0 Å². The van der Waals surface area contributed by atoms with E-state index in [-0.39, 0.29) is 5.91 Å². The van der Waals surface area contributed by atoms with E-state index < -0.39 is 0 Å². The second-order valence-corrected chi connectivity index (χ2v) is 3.33. The van der Waals surface area contributed by atoms with Crippen LogP contribution in [-0.4, -0.2) is 17.1 Å². The second kappa shape index (κ2) is 4.81. The van der Waals surface area contributed by atoms with E-state index in [1.165, 1.54) is 6.92 Å². The summed E-state index contributed by atoms with van der Waals surface area (Å²) in [5.74, 6) is -0.159. The van der Waals surface area contributed by atoms with Crippen molar-refractivity contribution < 1.29 is 4.79 Å². The van der Waals surface area contributed by atoms with Crippen molar-refractivity contribution in [1.82, 2.24) is 16.2 Å². The number of carbonyl (C=O) groups excluding carboxylic acids is 1. The van der Waals surface area contributed by atoms with Gasteiger partial charge < -0.3 is 5.32 Å². The smallest absolute Gasteiger partial charge is 0.235 e. The van der Waals surface area contributed by atoms with Gasteiger partial charge in [-0.1, -0.05) is 12.2 Å². The summed E-state index contributed by atoms with van der Waals surface area (Å²) < 4.78 is 0. The van der Waals surface area contributed by atoms with Gasteiger partial charge in [-0.3, -0.25) is 15.6 Å². The normalized spacial score (nSPS) is 15.5. The molecule has 0 aromatic heterocycles. The van der Waals surface area contributed by atoms with E-state index in [2.05, 4.69) is 28.3 Å². The molecular weight excluding hydrogens is 186 g/mol. The quantitative estimate of drug-likeness (QED) is 0.321. The Kier molecular flexibility index (Phi) is 3.70. The van der Waals surface area contributed by atoms with Crippen molar-refractivity contribution in [2.75, 3.05) is 0 Å². The molecule has 0 heterocycles. The molecule has 0 aromatic rings. The third kappa shape index (κ3) is 3.89. The van der Waals surface area contributed by atoms with Crippen LogP contribution in [0.15, 0.2) is 12.2 Å². The molecule has 0 radical (unpaired) electrons. The van der Waals surface area contributed by atoms with Gasteiger partial charge in [0, 0.05) is 13.0 Å². The van der Waals surface area contributed by atoms with E-state index >= 15 is 0 Å². The van der Waals surface area contributed by atoms with E-state index in [4.69, 9.17) is 12.2 Å². The van der Waals surface area contributed by atoms with E-state index in [0.29, 0.717) is 11.2 Å². The van der Waals surface area contributed by atoms with Crippen molar-refractivity contribution in [3.8, 4) is 0 Å². The lowest BCUT2D eigenvalue weighted by molar-refractivity contribution is -0.119. The Balaban J connectivity index is 2.14. The van der Waals surface area contributed by atoms with E-state index in [0.717, 1.165) is 12.8 Å². The zero-order chi connectivity index (χ0) is 9.68. The predicted molar refractivity (Wildman–Crippen MR) is 54.8 cm³/mol. The van der Waals surface area contributed by atoms with Crippen molar-refractivity contribution in [1.29, 1.82) is 0 Å². The van der Waals surface area contributed by atoms with Gasteiger partial charge in [-0.05, 0) is 25.1 Å². The first-order valence-electron chi connectivity index (χ1n) is 4.16. The van der Waals surface area contributed by atoms with Crippen LogP contribution >= 0.6 is 12.2 Å². The van der Waals surface area contributed by atoms with Crippen molar-refractivity contribution in [3.05, 3.63) is 12.2 Å². The van der Waals surface area contributed by atoms with Crippen molar-refractivity contribution in [2.45, 2.75) is 25.8 Å². The standard InChI is InChI=1S/C8H13N3OS/c1-6(12)10-11-8(13)9-7-4-2-3-5-7/h2-3,7H,4-5H2,1H3,(H,10,12)(H2,9,11,13). The van der Waals surface area contributed by atoms with Crippen LogP contribution in [0, 0.1) is 0 Å². The number of rotatable bonds is 1. The number of carbonyl (C=O) groups is 1. The van der Waals surface area contributed by atoms with Gasteiger partial charge in [0.25, 0.3) is 0 Å². The number of hydrazine groups is 1. The Morgan fingerprint density at radius 3 is 2.54 bits per heavy atom. The predicted octanol–water partition coefficient (Wildman–Crippen LogP) is 0.220. The molecule has 3 N–H and O–H groups in total. The highest BCUT2D eigenvalue weighted by molar-refractivity contribution is 7.80. The molecule has 0 aromatic carbocycles. The summed E-state index contributed by atoms with van der Waals surface area (Å²) >= 11 is 4.94. The summed E-state index contributed by atoms with van der Waals surface area (Å²) in [6, 6.07) is 0.369. The molecule has 5 heteroatoms. The minimum absolute atomic E-state index is 0.159. The van der Waals surface area contributed by atoms with Crippen LogP contribution in [0.5, 0.6) is 0 Å². The summed E-state index contributed by atoms with van der Waals surface area (Å²) in [5, 5.41) is 3.54. The minimum Gasteiger partial charge on any atom is -0.358 e. The van der Waals surface area contributed by atoms with Gasteiger partial charge in [0.2, 0.25) is 5.91 Å². The van der Waals surface area contributed by atoms with Crippen LogP contribution < -0.4 is 16.2 Å². The third-order valence-electron chi connectivity index (χ3n) is 1.70. The summed E-state index contributed by atoms with van der Waals surface area (Å²) in [5.41, 5.74) is 5.01. The largest absolute Gasteiger partial charge is 0.358 e. The third-order valence-corrected chi connectivity index (χ3v) is 1.92. The molecule has 4 nitrogen and oxygen atoms in total. The molecule has 0 aliphatic heterocycles. The molecule has 0 saturated heterocycles. The van der Waals surface area contributed by atoms with Crippen LogP contribution in [0.25, 0.3) is 0 Å². The fraction of sp³-hybridized carbons (Fsp3) is 0.500. The summed E-state index contributed by atoms with van der Waals surface area (Å²) in [4.78, 5) is 10.5. The molecule has 1 rings (SSSR count). The molecule has 1 amide bonds. The zero-order valence-electron chi connectivity index (χ0n) is 7.46. The Labute approximate surface area is 82.7 Å². The summed E-state index contributed by atoms with van der Waals surface area (Å²) in [6.45, 7) is 1.42. The first-order chi connectivity index (χ1) is 6.18. The molecule has 0 atom stereocenters. The highest BCUT2D eigenvalue weighted by Gasteiger charge is 2.10.